The molecule has 3 heteroatoms. The molecule has 0 aliphatic rings. The number of fused-ring (bicyclic) bond motifs is 12. The second-order valence-corrected chi connectivity index (χ2v) is 15.6. The first kappa shape index (κ1) is 33.4. The van der Waals surface area contributed by atoms with Crippen molar-refractivity contribution in [3.63, 3.8) is 0 Å². The fraction of sp³-hybridized carbons (Fsp3) is 0.0357. The summed E-state index contributed by atoms with van der Waals surface area (Å²) in [5.41, 5.74) is 12.9. The van der Waals surface area contributed by atoms with Crippen molar-refractivity contribution >= 4 is 93.3 Å². The number of benzene rings is 9. The fourth-order valence-corrected chi connectivity index (χ4v) is 9.28. The van der Waals surface area contributed by atoms with E-state index < -0.39 is 0 Å². The van der Waals surface area contributed by atoms with Crippen LogP contribution in [0.15, 0.2) is 185 Å². The molecular weight excluding hydrogens is 719 g/mol. The molecule has 276 valence electrons. The van der Waals surface area contributed by atoms with Crippen molar-refractivity contribution in [3.05, 3.63) is 199 Å². The Balaban J connectivity index is 1.02. The van der Waals surface area contributed by atoms with Crippen LogP contribution in [0.5, 0.6) is 0 Å². The predicted octanol–water partition coefficient (Wildman–Crippen LogP) is 16.0. The minimum atomic E-state index is 0.866. The molecule has 0 bridgehead atoms. The van der Waals surface area contributed by atoms with Crippen LogP contribution in [0.4, 0.5) is 17.1 Å². The SMILES string of the molecule is Cc1cccc2c1oc1c(-c3c#cc(N(c4ccc(-c5cccc6c5oc5c(C)cccc56)cc4)c4ccc5c6ccccc6c6ccccc6c5c4)cc3)cccc12. The van der Waals surface area contributed by atoms with Gasteiger partial charge in [0.25, 0.3) is 0 Å². The number of nitrogens with zero attached hydrogens (tertiary/aromatic N) is 1. The lowest BCUT2D eigenvalue weighted by Gasteiger charge is -2.25. The van der Waals surface area contributed by atoms with E-state index in [1.54, 1.807) is 0 Å². The molecule has 0 aliphatic carbocycles. The lowest BCUT2D eigenvalue weighted by Crippen LogP contribution is -2.09. The lowest BCUT2D eigenvalue weighted by molar-refractivity contribution is 0.666. The Bertz CT molecular complexity index is 3430. The summed E-state index contributed by atoms with van der Waals surface area (Å²) in [5, 5.41) is 11.9. The molecule has 0 spiro atoms. The van der Waals surface area contributed by atoms with Crippen LogP contribution in [0.3, 0.4) is 0 Å². The molecule has 3 nitrogen and oxygen atoms in total. The molecule has 0 saturated carbocycles. The summed E-state index contributed by atoms with van der Waals surface area (Å²) in [4.78, 5) is 2.28. The first-order valence-electron chi connectivity index (χ1n) is 20.1. The van der Waals surface area contributed by atoms with Crippen molar-refractivity contribution in [3.8, 4) is 22.3 Å². The number of aryl methyl sites for hydroxylation is 2. The molecular formula is C56H35NO2. The van der Waals surface area contributed by atoms with Crippen LogP contribution >= 0.6 is 0 Å². The molecule has 0 atom stereocenters. The van der Waals surface area contributed by atoms with Crippen molar-refractivity contribution in [1.29, 1.82) is 0 Å². The molecule has 12 aromatic rings. The summed E-state index contributed by atoms with van der Waals surface area (Å²) in [6, 6.07) is 69.9. The monoisotopic (exact) mass is 753 g/mol. The van der Waals surface area contributed by atoms with Gasteiger partial charge in [-0.15, -0.1) is 0 Å². The van der Waals surface area contributed by atoms with E-state index >= 15 is 0 Å². The van der Waals surface area contributed by atoms with Crippen molar-refractivity contribution in [1.82, 2.24) is 0 Å². The van der Waals surface area contributed by atoms with Gasteiger partial charge in [0.2, 0.25) is 0 Å². The zero-order chi connectivity index (χ0) is 39.2. The number of hydrogen-bond acceptors (Lipinski definition) is 3. The highest BCUT2D eigenvalue weighted by Gasteiger charge is 2.19. The van der Waals surface area contributed by atoms with Gasteiger partial charge in [0.15, 0.2) is 0 Å². The Kier molecular flexibility index (Phi) is 7.27. The Morgan fingerprint density at radius 2 is 0.831 bits per heavy atom. The Morgan fingerprint density at radius 1 is 0.356 bits per heavy atom. The largest absolute Gasteiger partial charge is 0.455 e. The van der Waals surface area contributed by atoms with E-state index in [4.69, 9.17) is 8.83 Å². The summed E-state index contributed by atoms with van der Waals surface area (Å²) in [6.45, 7) is 4.20. The minimum Gasteiger partial charge on any atom is -0.455 e. The van der Waals surface area contributed by atoms with E-state index in [1.165, 1.54) is 32.3 Å². The quantitative estimate of drug-likeness (QED) is 0.164. The van der Waals surface area contributed by atoms with Crippen LogP contribution in [0, 0.1) is 26.0 Å². The average molecular weight is 754 g/mol. The van der Waals surface area contributed by atoms with Crippen molar-refractivity contribution < 1.29 is 8.83 Å². The molecule has 10 aromatic carbocycles. The molecule has 0 aliphatic heterocycles. The molecule has 2 heterocycles. The van der Waals surface area contributed by atoms with Crippen molar-refractivity contribution in [2.45, 2.75) is 13.8 Å². The molecule has 0 amide bonds. The van der Waals surface area contributed by atoms with E-state index in [2.05, 4.69) is 207 Å². The van der Waals surface area contributed by atoms with E-state index in [1.807, 2.05) is 0 Å². The number of rotatable bonds is 5. The van der Waals surface area contributed by atoms with Crippen LogP contribution in [0.2, 0.25) is 0 Å². The smallest absolute Gasteiger partial charge is 0.143 e. The summed E-state index contributed by atoms with van der Waals surface area (Å²) in [6.07, 6.45) is 0. The first-order chi connectivity index (χ1) is 29.1. The number of para-hydroxylation sites is 4. The lowest BCUT2D eigenvalue weighted by atomic mass is 9.94. The van der Waals surface area contributed by atoms with Crippen LogP contribution in [-0.2, 0) is 0 Å². The third-order valence-corrected chi connectivity index (χ3v) is 12.1. The summed E-state index contributed by atoms with van der Waals surface area (Å²) in [5.74, 6) is 0. The molecule has 12 rings (SSSR count). The third-order valence-electron chi connectivity index (χ3n) is 12.1. The Morgan fingerprint density at radius 3 is 1.41 bits per heavy atom. The van der Waals surface area contributed by atoms with E-state index in [9.17, 15) is 0 Å². The molecule has 0 saturated heterocycles. The normalized spacial score (nSPS) is 11.8. The number of anilines is 3. The zero-order valence-corrected chi connectivity index (χ0v) is 32.5. The van der Waals surface area contributed by atoms with E-state index in [-0.39, 0.29) is 0 Å². The van der Waals surface area contributed by atoms with Gasteiger partial charge >= 0.3 is 0 Å². The van der Waals surface area contributed by atoms with E-state index in [0.29, 0.717) is 0 Å². The average Bonchev–Trinajstić information content (AvgIpc) is 3.88. The van der Waals surface area contributed by atoms with E-state index in [0.717, 1.165) is 94.3 Å². The van der Waals surface area contributed by atoms with Gasteiger partial charge in [-0.05, 0) is 111 Å². The molecule has 0 fully saturated rings. The van der Waals surface area contributed by atoms with Gasteiger partial charge in [-0.2, -0.15) is 0 Å². The maximum Gasteiger partial charge on any atom is 0.143 e. The minimum absolute atomic E-state index is 0.866. The standard InChI is InChI=1S/C56H35NO2/c1-34-11-7-19-48-50-21-9-17-41(55(50)58-53(34)48)36-23-27-38(28-24-36)57(40-31-32-47-45-15-4-3-13-43(45)44-14-5-6-16-46(44)52(47)33-40)39-29-25-37(26-30-39)42-18-10-22-51-49-20-8-12-35(2)54(49)59-56(42)51/h3-25,27-29,31-33H,1-2H3. The van der Waals surface area contributed by atoms with Crippen LogP contribution < -0.4 is 4.90 Å². The Hall–Kier alpha value is -7.80. The highest BCUT2D eigenvalue weighted by Crippen LogP contribution is 2.43. The van der Waals surface area contributed by atoms with Crippen molar-refractivity contribution in [2.75, 3.05) is 4.90 Å². The number of furan rings is 2. The molecule has 59 heavy (non-hydrogen) atoms. The van der Waals surface area contributed by atoms with Gasteiger partial charge in [-0.1, -0.05) is 140 Å². The van der Waals surface area contributed by atoms with Gasteiger partial charge in [0, 0.05) is 49.6 Å². The maximum absolute atomic E-state index is 6.56. The van der Waals surface area contributed by atoms with Crippen LogP contribution in [0.1, 0.15) is 11.1 Å². The fourth-order valence-electron chi connectivity index (χ4n) is 9.28. The first-order valence-corrected chi connectivity index (χ1v) is 20.1. The van der Waals surface area contributed by atoms with Gasteiger partial charge < -0.3 is 13.7 Å². The summed E-state index contributed by atoms with van der Waals surface area (Å²) >= 11 is 0. The Labute approximate surface area is 341 Å². The van der Waals surface area contributed by atoms with Gasteiger partial charge in [-0.3, -0.25) is 0 Å². The van der Waals surface area contributed by atoms with Gasteiger partial charge in [0.05, 0.1) is 5.69 Å². The number of hydrogen-bond donors (Lipinski definition) is 0. The molecule has 0 N–H and O–H groups in total. The van der Waals surface area contributed by atoms with Gasteiger partial charge in [-0.25, -0.2) is 0 Å². The summed E-state index contributed by atoms with van der Waals surface area (Å²) in [7, 11) is 0. The van der Waals surface area contributed by atoms with Crippen molar-refractivity contribution in [2.24, 2.45) is 0 Å². The maximum atomic E-state index is 6.56. The summed E-state index contributed by atoms with van der Waals surface area (Å²) < 4.78 is 13.1. The predicted molar refractivity (Wildman–Crippen MR) is 246 cm³/mol. The zero-order valence-electron chi connectivity index (χ0n) is 32.5. The van der Waals surface area contributed by atoms with Gasteiger partial charge in [0.1, 0.15) is 22.3 Å². The van der Waals surface area contributed by atoms with Crippen LogP contribution in [0.25, 0.3) is 98.4 Å². The third kappa shape index (κ3) is 5.10. The van der Waals surface area contributed by atoms with Crippen LogP contribution in [-0.4, -0.2) is 0 Å². The highest BCUT2D eigenvalue weighted by molar-refractivity contribution is 6.26. The second-order valence-electron chi connectivity index (χ2n) is 15.6. The highest BCUT2D eigenvalue weighted by atomic mass is 16.3. The second kappa shape index (κ2) is 12.9. The molecule has 2 aromatic heterocycles. The molecule has 0 unspecified atom stereocenters. The molecule has 0 radical (unpaired) electrons. The topological polar surface area (TPSA) is 29.5 Å².